The first-order valence-corrected chi connectivity index (χ1v) is 17.1. The van der Waals surface area contributed by atoms with Crippen LogP contribution in [-0.4, -0.2) is 4.98 Å². The van der Waals surface area contributed by atoms with Gasteiger partial charge in [0.1, 0.15) is 11.1 Å². The Hall–Kier alpha value is -6.91. The maximum Gasteiger partial charge on any atom is 0.227 e. The van der Waals surface area contributed by atoms with Crippen molar-refractivity contribution in [3.63, 3.8) is 0 Å². The molecule has 2 aromatic heterocycles. The lowest BCUT2D eigenvalue weighted by Gasteiger charge is -2.26. The van der Waals surface area contributed by atoms with Crippen molar-refractivity contribution in [2.75, 3.05) is 4.90 Å². The van der Waals surface area contributed by atoms with Gasteiger partial charge in [0.25, 0.3) is 0 Å². The van der Waals surface area contributed by atoms with Crippen molar-refractivity contribution in [2.24, 2.45) is 0 Å². The zero-order valence-corrected chi connectivity index (χ0v) is 27.5. The van der Waals surface area contributed by atoms with Gasteiger partial charge in [-0.3, -0.25) is 0 Å². The molecule has 0 bridgehead atoms. The number of furan rings is 1. The number of hydrogen-bond acceptors (Lipinski definition) is 4. The minimum atomic E-state index is 0.567. The van der Waals surface area contributed by atoms with Gasteiger partial charge >= 0.3 is 0 Å². The van der Waals surface area contributed by atoms with Gasteiger partial charge in [0, 0.05) is 28.4 Å². The average molecular weight is 655 g/mol. The Labute approximate surface area is 294 Å². The molecule has 240 valence electrons. The van der Waals surface area contributed by atoms with E-state index in [0.717, 1.165) is 66.6 Å². The molecular weight excluding hydrogens is 625 g/mol. The Bertz CT molecular complexity index is 2840. The lowest BCUT2D eigenvalue weighted by molar-refractivity contribution is 0.619. The maximum absolute atomic E-state index is 6.75. The van der Waals surface area contributed by atoms with E-state index in [-0.39, 0.29) is 0 Å². The molecule has 0 radical (unpaired) electrons. The molecule has 0 N–H and O–H groups in total. The smallest absolute Gasteiger partial charge is 0.227 e. The van der Waals surface area contributed by atoms with Crippen molar-refractivity contribution in [2.45, 2.75) is 0 Å². The molecule has 10 rings (SSSR count). The number of aromatic nitrogens is 1. The molecule has 4 nitrogen and oxygen atoms in total. The van der Waals surface area contributed by atoms with Crippen molar-refractivity contribution in [1.29, 1.82) is 0 Å². The number of rotatable bonds is 6. The number of anilines is 3. The Morgan fingerprint density at radius 2 is 0.980 bits per heavy atom. The van der Waals surface area contributed by atoms with Gasteiger partial charge in [0.2, 0.25) is 5.89 Å². The standard InChI is InChI=1S/C47H30N2O2/c1-3-11-31(12-4-1)34-19-21-36(22-20-34)47-48-45-43(51-47)30-41(46-44(45)40-17-9-10-18-42(40)50-46)49(39-28-25-33-15-7-8-16-37(33)29-39)38-26-23-35(24-27-38)32-13-5-2-6-14-32/h1-30H. The summed E-state index contributed by atoms with van der Waals surface area (Å²) in [6.45, 7) is 0. The fourth-order valence-electron chi connectivity index (χ4n) is 7.16. The molecule has 0 fully saturated rings. The largest absolute Gasteiger partial charge is 0.454 e. The Morgan fingerprint density at radius 1 is 0.412 bits per heavy atom. The van der Waals surface area contributed by atoms with Crippen molar-refractivity contribution in [3.8, 4) is 33.7 Å². The van der Waals surface area contributed by atoms with Crippen LogP contribution in [0.25, 0.3) is 77.5 Å². The third kappa shape index (κ3) is 5.04. The molecule has 2 heterocycles. The Balaban J connectivity index is 1.19. The minimum Gasteiger partial charge on any atom is -0.454 e. The zero-order chi connectivity index (χ0) is 33.7. The SMILES string of the molecule is c1ccc(-c2ccc(-c3nc4c(cc(N(c5ccc(-c6ccccc6)cc5)c5ccc6ccccc6c5)c5oc6ccccc6c54)o3)cc2)cc1. The van der Waals surface area contributed by atoms with Crippen LogP contribution in [0.2, 0.25) is 0 Å². The first-order chi connectivity index (χ1) is 25.3. The third-order valence-corrected chi connectivity index (χ3v) is 9.69. The second-order valence-electron chi connectivity index (χ2n) is 12.8. The quantitative estimate of drug-likeness (QED) is 0.179. The molecule has 0 atom stereocenters. The number of oxazole rings is 1. The zero-order valence-electron chi connectivity index (χ0n) is 27.5. The van der Waals surface area contributed by atoms with Gasteiger partial charge in [-0.05, 0) is 75.5 Å². The van der Waals surface area contributed by atoms with E-state index in [1.807, 2.05) is 30.3 Å². The summed E-state index contributed by atoms with van der Waals surface area (Å²) in [6.07, 6.45) is 0. The molecule has 10 aromatic rings. The third-order valence-electron chi connectivity index (χ3n) is 9.69. The van der Waals surface area contributed by atoms with E-state index >= 15 is 0 Å². The van der Waals surface area contributed by atoms with Gasteiger partial charge in [0.15, 0.2) is 11.2 Å². The topological polar surface area (TPSA) is 42.4 Å². The van der Waals surface area contributed by atoms with Gasteiger partial charge in [-0.25, -0.2) is 4.98 Å². The van der Waals surface area contributed by atoms with Crippen LogP contribution in [0.5, 0.6) is 0 Å². The van der Waals surface area contributed by atoms with Gasteiger partial charge < -0.3 is 13.7 Å². The highest BCUT2D eigenvalue weighted by Crippen LogP contribution is 2.46. The van der Waals surface area contributed by atoms with E-state index in [0.29, 0.717) is 11.5 Å². The van der Waals surface area contributed by atoms with Crippen molar-refractivity contribution >= 4 is 60.9 Å². The first kappa shape index (κ1) is 29.0. The highest BCUT2D eigenvalue weighted by Gasteiger charge is 2.25. The van der Waals surface area contributed by atoms with Crippen LogP contribution >= 0.6 is 0 Å². The number of hydrogen-bond donors (Lipinski definition) is 0. The van der Waals surface area contributed by atoms with E-state index in [1.165, 1.54) is 16.5 Å². The Kier molecular flexibility index (Phi) is 6.78. The van der Waals surface area contributed by atoms with E-state index in [2.05, 4.69) is 157 Å². The molecule has 0 aliphatic carbocycles. The van der Waals surface area contributed by atoms with Gasteiger partial charge in [-0.1, -0.05) is 133 Å². The van der Waals surface area contributed by atoms with Crippen LogP contribution in [0.15, 0.2) is 191 Å². The molecule has 8 aromatic carbocycles. The normalized spacial score (nSPS) is 11.5. The molecule has 0 aliphatic rings. The summed E-state index contributed by atoms with van der Waals surface area (Å²) < 4.78 is 13.4. The lowest BCUT2D eigenvalue weighted by Crippen LogP contribution is -2.10. The number of benzene rings is 8. The molecular formula is C47H30N2O2. The van der Waals surface area contributed by atoms with Crippen LogP contribution in [0.4, 0.5) is 17.1 Å². The molecule has 51 heavy (non-hydrogen) atoms. The van der Waals surface area contributed by atoms with E-state index in [1.54, 1.807) is 0 Å². The van der Waals surface area contributed by atoms with Crippen LogP contribution in [-0.2, 0) is 0 Å². The van der Waals surface area contributed by atoms with Crippen LogP contribution in [0, 0.1) is 0 Å². The van der Waals surface area contributed by atoms with Crippen molar-refractivity contribution in [1.82, 2.24) is 4.98 Å². The molecule has 0 amide bonds. The maximum atomic E-state index is 6.75. The minimum absolute atomic E-state index is 0.567. The van der Waals surface area contributed by atoms with E-state index < -0.39 is 0 Å². The summed E-state index contributed by atoms with van der Waals surface area (Å²) in [7, 11) is 0. The summed E-state index contributed by atoms with van der Waals surface area (Å²) in [6, 6.07) is 63.2. The molecule has 4 heteroatoms. The fourth-order valence-corrected chi connectivity index (χ4v) is 7.16. The molecule has 0 saturated heterocycles. The van der Waals surface area contributed by atoms with Gasteiger partial charge in [0.05, 0.1) is 11.1 Å². The number of fused-ring (bicyclic) bond motifs is 6. The number of nitrogens with zero attached hydrogens (tertiary/aromatic N) is 2. The van der Waals surface area contributed by atoms with Gasteiger partial charge in [-0.2, -0.15) is 0 Å². The predicted molar refractivity (Wildman–Crippen MR) is 210 cm³/mol. The first-order valence-electron chi connectivity index (χ1n) is 17.1. The summed E-state index contributed by atoms with van der Waals surface area (Å²) in [4.78, 5) is 7.39. The summed E-state index contributed by atoms with van der Waals surface area (Å²) in [5.41, 5.74) is 11.5. The van der Waals surface area contributed by atoms with Crippen LogP contribution < -0.4 is 4.90 Å². The molecule has 0 spiro atoms. The predicted octanol–water partition coefficient (Wildman–Crippen LogP) is 13.4. The molecule has 0 unspecified atom stereocenters. The van der Waals surface area contributed by atoms with Crippen molar-refractivity contribution < 1.29 is 8.83 Å². The highest BCUT2D eigenvalue weighted by molar-refractivity contribution is 6.21. The van der Waals surface area contributed by atoms with E-state index in [4.69, 9.17) is 13.8 Å². The highest BCUT2D eigenvalue weighted by atomic mass is 16.4. The fraction of sp³-hybridized carbons (Fsp3) is 0. The van der Waals surface area contributed by atoms with Crippen LogP contribution in [0.3, 0.4) is 0 Å². The summed E-state index contributed by atoms with van der Waals surface area (Å²) in [5.74, 6) is 0.567. The Morgan fingerprint density at radius 3 is 1.71 bits per heavy atom. The summed E-state index contributed by atoms with van der Waals surface area (Å²) >= 11 is 0. The van der Waals surface area contributed by atoms with Crippen molar-refractivity contribution in [3.05, 3.63) is 182 Å². The summed E-state index contributed by atoms with van der Waals surface area (Å²) in [5, 5.41) is 4.27. The lowest BCUT2D eigenvalue weighted by atomic mass is 10.0. The van der Waals surface area contributed by atoms with E-state index in [9.17, 15) is 0 Å². The van der Waals surface area contributed by atoms with Gasteiger partial charge in [-0.15, -0.1) is 0 Å². The monoisotopic (exact) mass is 654 g/mol. The second-order valence-corrected chi connectivity index (χ2v) is 12.8. The van der Waals surface area contributed by atoms with Crippen LogP contribution in [0.1, 0.15) is 0 Å². The molecule has 0 aliphatic heterocycles. The second kappa shape index (κ2) is 11.9. The molecule has 0 saturated carbocycles. The average Bonchev–Trinajstić information content (AvgIpc) is 3.81. The number of para-hydroxylation sites is 1.